The van der Waals surface area contributed by atoms with E-state index in [2.05, 4.69) is 4.98 Å². The number of carbonyl (C=O) groups is 1. The molecule has 2 aromatic rings. The Kier molecular flexibility index (Phi) is 2.82. The quantitative estimate of drug-likeness (QED) is 0.845. The zero-order valence-corrected chi connectivity index (χ0v) is 9.79. The highest BCUT2D eigenvalue weighted by molar-refractivity contribution is 6.05. The molecule has 5 heteroatoms. The van der Waals surface area contributed by atoms with Gasteiger partial charge in [0.2, 0.25) is 0 Å². The monoisotopic (exact) mass is 230 g/mol. The van der Waals surface area contributed by atoms with Crippen molar-refractivity contribution in [3.63, 3.8) is 0 Å². The van der Waals surface area contributed by atoms with E-state index in [9.17, 15) is 4.79 Å². The largest absolute Gasteiger partial charge is 0.397 e. The summed E-state index contributed by atoms with van der Waals surface area (Å²) in [5.41, 5.74) is 7.53. The van der Waals surface area contributed by atoms with Gasteiger partial charge in [0.15, 0.2) is 0 Å². The number of hydrogen-bond donors (Lipinski definition) is 1. The summed E-state index contributed by atoms with van der Waals surface area (Å²) in [5, 5.41) is 0. The third kappa shape index (κ3) is 2.13. The Hall–Kier alpha value is -2.30. The molecule has 0 atom stereocenters. The van der Waals surface area contributed by atoms with Gasteiger partial charge in [-0.25, -0.2) is 0 Å². The van der Waals surface area contributed by atoms with Crippen molar-refractivity contribution in [2.75, 3.05) is 17.7 Å². The number of rotatable bonds is 2. The summed E-state index contributed by atoms with van der Waals surface area (Å²) < 4.78 is 1.71. The number of anilines is 2. The Morgan fingerprint density at radius 2 is 2.29 bits per heavy atom. The van der Waals surface area contributed by atoms with E-state index >= 15 is 0 Å². The van der Waals surface area contributed by atoms with E-state index in [1.807, 2.05) is 6.07 Å². The van der Waals surface area contributed by atoms with Crippen LogP contribution >= 0.6 is 0 Å². The number of aryl methyl sites for hydroxylation is 1. The molecule has 2 N–H and O–H groups in total. The summed E-state index contributed by atoms with van der Waals surface area (Å²) in [6, 6.07) is 5.28. The van der Waals surface area contributed by atoms with E-state index in [0.29, 0.717) is 11.4 Å². The van der Waals surface area contributed by atoms with E-state index in [1.165, 1.54) is 0 Å². The van der Waals surface area contributed by atoms with Gasteiger partial charge in [-0.1, -0.05) is 0 Å². The first-order valence-electron chi connectivity index (χ1n) is 5.19. The maximum Gasteiger partial charge on any atom is 0.274 e. The van der Waals surface area contributed by atoms with E-state index in [1.54, 1.807) is 54.3 Å². The Bertz CT molecular complexity index is 533. The van der Waals surface area contributed by atoms with Gasteiger partial charge in [-0.05, 0) is 18.2 Å². The van der Waals surface area contributed by atoms with Crippen molar-refractivity contribution in [2.45, 2.75) is 0 Å². The van der Waals surface area contributed by atoms with Crippen molar-refractivity contribution in [3.05, 3.63) is 42.5 Å². The van der Waals surface area contributed by atoms with Crippen LogP contribution in [0.15, 0.2) is 36.8 Å². The van der Waals surface area contributed by atoms with Gasteiger partial charge in [-0.2, -0.15) is 0 Å². The standard InChI is InChI=1S/C12H14N4O/c1-15-8-9(13)6-11(15)12(17)16(2)10-4-3-5-14-7-10/h3-8H,13H2,1-2H3. The predicted molar refractivity (Wildman–Crippen MR) is 66.8 cm³/mol. The second kappa shape index (κ2) is 4.29. The molecule has 0 aliphatic heterocycles. The van der Waals surface area contributed by atoms with Crippen LogP contribution in [0.3, 0.4) is 0 Å². The van der Waals surface area contributed by atoms with Crippen LogP contribution in [0.1, 0.15) is 10.5 Å². The molecule has 2 rings (SSSR count). The Morgan fingerprint density at radius 1 is 1.53 bits per heavy atom. The topological polar surface area (TPSA) is 64.2 Å². The van der Waals surface area contributed by atoms with Crippen LogP contribution in [0.2, 0.25) is 0 Å². The number of nitrogen functional groups attached to an aromatic ring is 1. The fraction of sp³-hybridized carbons (Fsp3) is 0.167. The molecule has 2 heterocycles. The van der Waals surface area contributed by atoms with Crippen molar-refractivity contribution >= 4 is 17.3 Å². The SMILES string of the molecule is CN(C(=O)c1cc(N)cn1C)c1cccnc1. The van der Waals surface area contributed by atoms with Crippen LogP contribution < -0.4 is 10.6 Å². The Morgan fingerprint density at radius 3 is 2.82 bits per heavy atom. The van der Waals surface area contributed by atoms with Crippen molar-refractivity contribution in [1.29, 1.82) is 0 Å². The van der Waals surface area contributed by atoms with Gasteiger partial charge in [0.1, 0.15) is 5.69 Å². The molecule has 0 aliphatic rings. The highest BCUT2D eigenvalue weighted by Crippen LogP contribution is 2.16. The number of aromatic nitrogens is 2. The van der Waals surface area contributed by atoms with Gasteiger partial charge in [0, 0.05) is 26.5 Å². The zero-order chi connectivity index (χ0) is 12.4. The minimum Gasteiger partial charge on any atom is -0.397 e. The molecule has 88 valence electrons. The second-order valence-electron chi connectivity index (χ2n) is 3.84. The summed E-state index contributed by atoms with van der Waals surface area (Å²) in [5.74, 6) is -0.114. The number of pyridine rings is 1. The van der Waals surface area contributed by atoms with E-state index < -0.39 is 0 Å². The predicted octanol–water partition coefficient (Wildman–Crippen LogP) is 1.28. The molecule has 0 bridgehead atoms. The summed E-state index contributed by atoms with van der Waals surface area (Å²) in [4.78, 5) is 17.7. The average Bonchev–Trinajstić information content (AvgIpc) is 2.68. The maximum atomic E-state index is 12.2. The van der Waals surface area contributed by atoms with Gasteiger partial charge in [-0.15, -0.1) is 0 Å². The highest BCUT2D eigenvalue weighted by atomic mass is 16.2. The fourth-order valence-electron chi connectivity index (χ4n) is 1.64. The fourth-order valence-corrected chi connectivity index (χ4v) is 1.64. The second-order valence-corrected chi connectivity index (χ2v) is 3.84. The molecule has 0 aliphatic carbocycles. The third-order valence-corrected chi connectivity index (χ3v) is 2.58. The van der Waals surface area contributed by atoms with Crippen LogP contribution in [0.5, 0.6) is 0 Å². The summed E-state index contributed by atoms with van der Waals surface area (Å²) in [6.07, 6.45) is 5.02. The molecule has 17 heavy (non-hydrogen) atoms. The van der Waals surface area contributed by atoms with Gasteiger partial charge in [0.25, 0.3) is 5.91 Å². The minimum atomic E-state index is -0.114. The van der Waals surface area contributed by atoms with Gasteiger partial charge >= 0.3 is 0 Å². The molecule has 0 radical (unpaired) electrons. The van der Waals surface area contributed by atoms with Gasteiger partial charge < -0.3 is 15.2 Å². The van der Waals surface area contributed by atoms with Crippen molar-refractivity contribution in [1.82, 2.24) is 9.55 Å². The first-order valence-corrected chi connectivity index (χ1v) is 5.19. The molecule has 0 aromatic carbocycles. The van der Waals surface area contributed by atoms with Crippen LogP contribution in [0.4, 0.5) is 11.4 Å². The molecule has 0 spiro atoms. The Labute approximate surface area is 99.5 Å². The normalized spacial score (nSPS) is 10.2. The number of hydrogen-bond acceptors (Lipinski definition) is 3. The lowest BCUT2D eigenvalue weighted by molar-refractivity contribution is 0.0985. The van der Waals surface area contributed by atoms with Crippen molar-refractivity contribution in [2.24, 2.45) is 7.05 Å². The molecule has 0 unspecified atom stereocenters. The zero-order valence-electron chi connectivity index (χ0n) is 9.79. The third-order valence-electron chi connectivity index (χ3n) is 2.58. The Balaban J connectivity index is 2.30. The molecule has 1 amide bonds. The van der Waals surface area contributed by atoms with Crippen molar-refractivity contribution in [3.8, 4) is 0 Å². The lowest BCUT2D eigenvalue weighted by atomic mass is 10.3. The van der Waals surface area contributed by atoms with Gasteiger partial charge in [-0.3, -0.25) is 9.78 Å². The maximum absolute atomic E-state index is 12.2. The molecular weight excluding hydrogens is 216 g/mol. The summed E-state index contributed by atoms with van der Waals surface area (Å²) in [6.45, 7) is 0. The smallest absolute Gasteiger partial charge is 0.274 e. The summed E-state index contributed by atoms with van der Waals surface area (Å²) in [7, 11) is 3.50. The number of nitrogens with zero attached hydrogens (tertiary/aromatic N) is 3. The van der Waals surface area contributed by atoms with Crippen LogP contribution in [-0.4, -0.2) is 22.5 Å². The number of amides is 1. The van der Waals surface area contributed by atoms with Crippen LogP contribution in [0, 0.1) is 0 Å². The van der Waals surface area contributed by atoms with Crippen molar-refractivity contribution < 1.29 is 4.79 Å². The highest BCUT2D eigenvalue weighted by Gasteiger charge is 2.16. The molecule has 0 saturated heterocycles. The number of nitrogens with two attached hydrogens (primary N) is 1. The molecule has 0 saturated carbocycles. The minimum absolute atomic E-state index is 0.114. The number of carbonyl (C=O) groups excluding carboxylic acids is 1. The molecular formula is C12H14N4O. The lowest BCUT2D eigenvalue weighted by Gasteiger charge is -2.16. The lowest BCUT2D eigenvalue weighted by Crippen LogP contribution is -2.27. The van der Waals surface area contributed by atoms with E-state index in [4.69, 9.17) is 5.73 Å². The first-order chi connectivity index (χ1) is 8.09. The molecule has 0 fully saturated rings. The average molecular weight is 230 g/mol. The van der Waals surface area contributed by atoms with E-state index in [0.717, 1.165) is 5.69 Å². The summed E-state index contributed by atoms with van der Waals surface area (Å²) >= 11 is 0. The molecule has 2 aromatic heterocycles. The first kappa shape index (κ1) is 11.2. The van der Waals surface area contributed by atoms with Crippen LogP contribution in [-0.2, 0) is 7.05 Å². The van der Waals surface area contributed by atoms with Crippen LogP contribution in [0.25, 0.3) is 0 Å². The van der Waals surface area contributed by atoms with E-state index in [-0.39, 0.29) is 5.91 Å². The van der Waals surface area contributed by atoms with Gasteiger partial charge in [0.05, 0.1) is 17.6 Å². The molecule has 5 nitrogen and oxygen atoms in total.